The van der Waals surface area contributed by atoms with E-state index in [1.54, 1.807) is 0 Å². The zero-order chi connectivity index (χ0) is 13.9. The molecule has 1 aromatic rings. The molecule has 2 aliphatic rings. The van der Waals surface area contributed by atoms with Gasteiger partial charge in [-0.2, -0.15) is 0 Å². The van der Waals surface area contributed by atoms with Gasteiger partial charge in [0.2, 0.25) is 0 Å². The van der Waals surface area contributed by atoms with Gasteiger partial charge in [0.15, 0.2) is 0 Å². The van der Waals surface area contributed by atoms with Gasteiger partial charge >= 0.3 is 6.03 Å². The third kappa shape index (κ3) is 3.31. The van der Waals surface area contributed by atoms with Crippen LogP contribution in [0, 0.1) is 12.8 Å². The number of ether oxygens (including phenoxy) is 1. The molecule has 4 heteroatoms. The molecule has 0 radical (unpaired) electrons. The summed E-state index contributed by atoms with van der Waals surface area (Å²) >= 11 is 0. The number of nitrogens with zero attached hydrogens (tertiary/aromatic N) is 1. The molecule has 0 bridgehead atoms. The van der Waals surface area contributed by atoms with Crippen LogP contribution in [0.3, 0.4) is 0 Å². The van der Waals surface area contributed by atoms with Crippen molar-refractivity contribution in [3.8, 4) is 0 Å². The van der Waals surface area contributed by atoms with Crippen LogP contribution in [0.15, 0.2) is 24.3 Å². The smallest absolute Gasteiger partial charge is 0.321 e. The number of likely N-dealkylation sites (tertiary alicyclic amines) is 1. The van der Waals surface area contributed by atoms with Crippen LogP contribution in [0.4, 0.5) is 10.5 Å². The van der Waals surface area contributed by atoms with E-state index in [1.165, 1.54) is 12.8 Å². The predicted octanol–water partition coefficient (Wildman–Crippen LogP) is 3.03. The number of rotatable bonds is 4. The Morgan fingerprint density at radius 3 is 2.90 bits per heavy atom. The molecule has 1 aromatic carbocycles. The summed E-state index contributed by atoms with van der Waals surface area (Å²) in [4.78, 5) is 14.1. The number of hydrogen-bond donors (Lipinski definition) is 1. The monoisotopic (exact) mass is 274 g/mol. The molecule has 1 saturated carbocycles. The number of anilines is 1. The number of carbonyl (C=O) groups is 1. The summed E-state index contributed by atoms with van der Waals surface area (Å²) < 4.78 is 5.86. The second-order valence-corrected chi connectivity index (χ2v) is 5.88. The molecule has 20 heavy (non-hydrogen) atoms. The molecule has 2 amide bonds. The van der Waals surface area contributed by atoms with E-state index in [-0.39, 0.29) is 12.1 Å². The minimum atomic E-state index is -0.0168. The molecule has 1 aliphatic heterocycles. The number of amides is 2. The topological polar surface area (TPSA) is 41.6 Å². The van der Waals surface area contributed by atoms with Crippen LogP contribution in [0.1, 0.15) is 24.8 Å². The van der Waals surface area contributed by atoms with Crippen molar-refractivity contribution < 1.29 is 9.53 Å². The molecular weight excluding hydrogens is 252 g/mol. The maximum atomic E-state index is 12.2. The largest absolute Gasteiger partial charge is 0.376 e. The molecule has 108 valence electrons. The average molecular weight is 274 g/mol. The SMILES string of the molecule is Cc1ccccc1NC(=O)N1CCC(OCC2CC2)C1. The lowest BCUT2D eigenvalue weighted by Gasteiger charge is -2.18. The van der Waals surface area contributed by atoms with Crippen molar-refractivity contribution in [3.63, 3.8) is 0 Å². The molecule has 4 nitrogen and oxygen atoms in total. The number of urea groups is 1. The summed E-state index contributed by atoms with van der Waals surface area (Å²) in [5, 5.41) is 2.98. The molecular formula is C16H22N2O2. The molecule has 1 saturated heterocycles. The highest BCUT2D eigenvalue weighted by Gasteiger charge is 2.29. The van der Waals surface area contributed by atoms with Crippen LogP contribution in [0.5, 0.6) is 0 Å². The highest BCUT2D eigenvalue weighted by atomic mass is 16.5. The Bertz CT molecular complexity index is 485. The van der Waals surface area contributed by atoms with Crippen LogP contribution < -0.4 is 5.32 Å². The normalized spacial score (nSPS) is 22.1. The van der Waals surface area contributed by atoms with Crippen molar-refractivity contribution in [1.82, 2.24) is 4.90 Å². The van der Waals surface area contributed by atoms with E-state index < -0.39 is 0 Å². The summed E-state index contributed by atoms with van der Waals surface area (Å²) in [5.41, 5.74) is 1.97. The number of carbonyl (C=O) groups excluding carboxylic acids is 1. The van der Waals surface area contributed by atoms with Gasteiger partial charge in [0.1, 0.15) is 0 Å². The zero-order valence-electron chi connectivity index (χ0n) is 12.0. The van der Waals surface area contributed by atoms with Gasteiger partial charge in [0.05, 0.1) is 6.10 Å². The minimum Gasteiger partial charge on any atom is -0.376 e. The van der Waals surface area contributed by atoms with Crippen molar-refractivity contribution in [2.75, 3.05) is 25.0 Å². The number of para-hydroxylation sites is 1. The molecule has 1 atom stereocenters. The van der Waals surface area contributed by atoms with Crippen molar-refractivity contribution in [2.45, 2.75) is 32.3 Å². The molecule has 1 heterocycles. The first-order chi connectivity index (χ1) is 9.72. The van der Waals surface area contributed by atoms with E-state index in [1.807, 2.05) is 36.1 Å². The van der Waals surface area contributed by atoms with E-state index in [0.29, 0.717) is 6.54 Å². The predicted molar refractivity (Wildman–Crippen MR) is 78.9 cm³/mol. The van der Waals surface area contributed by atoms with E-state index in [2.05, 4.69) is 5.32 Å². The van der Waals surface area contributed by atoms with Crippen LogP contribution in [0.25, 0.3) is 0 Å². The van der Waals surface area contributed by atoms with Crippen molar-refractivity contribution in [1.29, 1.82) is 0 Å². The zero-order valence-corrected chi connectivity index (χ0v) is 12.0. The Morgan fingerprint density at radius 2 is 2.15 bits per heavy atom. The Hall–Kier alpha value is -1.55. The van der Waals surface area contributed by atoms with Crippen LogP contribution in [0.2, 0.25) is 0 Å². The molecule has 2 fully saturated rings. The highest BCUT2D eigenvalue weighted by Crippen LogP contribution is 2.30. The van der Waals surface area contributed by atoms with Gasteiger partial charge in [-0.1, -0.05) is 18.2 Å². The van der Waals surface area contributed by atoms with Crippen molar-refractivity contribution in [3.05, 3.63) is 29.8 Å². The summed E-state index contributed by atoms with van der Waals surface area (Å²) in [7, 11) is 0. The van der Waals surface area contributed by atoms with Crippen molar-refractivity contribution in [2.24, 2.45) is 5.92 Å². The molecule has 1 unspecified atom stereocenters. The Kier molecular flexibility index (Phi) is 3.92. The van der Waals surface area contributed by atoms with Gasteiger partial charge < -0.3 is 15.0 Å². The summed E-state index contributed by atoms with van der Waals surface area (Å²) in [6.45, 7) is 4.37. The lowest BCUT2D eigenvalue weighted by molar-refractivity contribution is 0.0543. The van der Waals surface area contributed by atoms with Gasteiger partial charge in [-0.25, -0.2) is 4.79 Å². The van der Waals surface area contributed by atoms with Gasteiger partial charge in [0.25, 0.3) is 0 Å². The first kappa shape index (κ1) is 13.4. The first-order valence-electron chi connectivity index (χ1n) is 7.45. The number of benzene rings is 1. The van der Waals surface area contributed by atoms with E-state index in [4.69, 9.17) is 4.74 Å². The number of hydrogen-bond acceptors (Lipinski definition) is 2. The van der Waals surface area contributed by atoms with Crippen LogP contribution >= 0.6 is 0 Å². The lowest BCUT2D eigenvalue weighted by Crippen LogP contribution is -2.34. The number of nitrogens with one attached hydrogen (secondary N) is 1. The van der Waals surface area contributed by atoms with Gasteiger partial charge in [-0.05, 0) is 43.7 Å². The Labute approximate surface area is 120 Å². The second-order valence-electron chi connectivity index (χ2n) is 5.88. The second kappa shape index (κ2) is 5.83. The molecule has 3 rings (SSSR count). The Morgan fingerprint density at radius 1 is 1.35 bits per heavy atom. The highest BCUT2D eigenvalue weighted by molar-refractivity contribution is 5.90. The van der Waals surface area contributed by atoms with Gasteiger partial charge in [0, 0.05) is 25.4 Å². The van der Waals surface area contributed by atoms with Crippen LogP contribution in [-0.2, 0) is 4.74 Å². The molecule has 0 spiro atoms. The standard InChI is InChI=1S/C16H22N2O2/c1-12-4-2-3-5-15(12)17-16(19)18-9-8-14(10-18)20-11-13-6-7-13/h2-5,13-14H,6-11H2,1H3,(H,17,19). The van der Waals surface area contributed by atoms with Gasteiger partial charge in [-0.3, -0.25) is 0 Å². The summed E-state index contributed by atoms with van der Waals surface area (Å²) in [6, 6.07) is 7.83. The first-order valence-corrected chi connectivity index (χ1v) is 7.45. The maximum Gasteiger partial charge on any atom is 0.321 e. The lowest BCUT2D eigenvalue weighted by atomic mass is 10.2. The molecule has 0 aromatic heterocycles. The minimum absolute atomic E-state index is 0.0168. The fourth-order valence-corrected chi connectivity index (χ4v) is 2.51. The summed E-state index contributed by atoms with van der Waals surface area (Å²) in [5.74, 6) is 0.782. The fraction of sp³-hybridized carbons (Fsp3) is 0.562. The van der Waals surface area contributed by atoms with Crippen molar-refractivity contribution >= 4 is 11.7 Å². The number of aryl methyl sites for hydroxylation is 1. The quantitative estimate of drug-likeness (QED) is 0.917. The van der Waals surface area contributed by atoms with E-state index in [9.17, 15) is 4.79 Å². The molecule has 1 N–H and O–H groups in total. The van der Waals surface area contributed by atoms with E-state index in [0.717, 1.165) is 36.7 Å². The summed E-state index contributed by atoms with van der Waals surface area (Å²) in [6.07, 6.45) is 3.79. The average Bonchev–Trinajstić information content (AvgIpc) is 3.15. The van der Waals surface area contributed by atoms with E-state index >= 15 is 0 Å². The van der Waals surface area contributed by atoms with Gasteiger partial charge in [-0.15, -0.1) is 0 Å². The third-order valence-corrected chi connectivity index (χ3v) is 4.08. The fourth-order valence-electron chi connectivity index (χ4n) is 2.51. The molecule has 1 aliphatic carbocycles. The third-order valence-electron chi connectivity index (χ3n) is 4.08. The maximum absolute atomic E-state index is 12.2. The Balaban J connectivity index is 1.49. The van der Waals surface area contributed by atoms with Crippen LogP contribution in [-0.4, -0.2) is 36.7 Å².